The summed E-state index contributed by atoms with van der Waals surface area (Å²) in [5, 5.41) is 11.8. The van der Waals surface area contributed by atoms with Gasteiger partial charge in [0.1, 0.15) is 5.82 Å². The highest BCUT2D eigenvalue weighted by atomic mass is 16.3. The van der Waals surface area contributed by atoms with Gasteiger partial charge in [-0.15, -0.1) is 0 Å². The van der Waals surface area contributed by atoms with E-state index in [1.54, 1.807) is 13.2 Å². The van der Waals surface area contributed by atoms with Crippen molar-refractivity contribution in [2.75, 3.05) is 37.0 Å². The van der Waals surface area contributed by atoms with E-state index in [0.717, 1.165) is 18.8 Å². The molecule has 1 aromatic rings. The monoisotopic (exact) mass is 210 g/mol. The Hall–Kier alpha value is -1.36. The predicted octanol–water partition coefficient (Wildman–Crippen LogP) is 0.727. The van der Waals surface area contributed by atoms with E-state index in [4.69, 9.17) is 5.11 Å². The fraction of sp³-hybridized carbons (Fsp3) is 0.600. The van der Waals surface area contributed by atoms with Crippen LogP contribution in [0.4, 0.5) is 11.8 Å². The van der Waals surface area contributed by atoms with Crippen LogP contribution in [0.3, 0.4) is 0 Å². The average Bonchev–Trinajstić information content (AvgIpc) is 2.29. The SMILES string of the molecule is CCCN(CCO)c1ccnc(NC)n1. The Morgan fingerprint density at radius 3 is 2.87 bits per heavy atom. The molecule has 2 N–H and O–H groups in total. The maximum absolute atomic E-state index is 8.95. The summed E-state index contributed by atoms with van der Waals surface area (Å²) < 4.78 is 0. The molecule has 0 aromatic carbocycles. The van der Waals surface area contributed by atoms with Crippen molar-refractivity contribution in [3.8, 4) is 0 Å². The molecule has 0 unspecified atom stereocenters. The highest BCUT2D eigenvalue weighted by Gasteiger charge is 2.06. The maximum Gasteiger partial charge on any atom is 0.224 e. The molecule has 15 heavy (non-hydrogen) atoms. The predicted molar refractivity (Wildman–Crippen MR) is 61.2 cm³/mol. The topological polar surface area (TPSA) is 61.3 Å². The third-order valence-corrected chi connectivity index (χ3v) is 2.05. The highest BCUT2D eigenvalue weighted by molar-refractivity contribution is 5.42. The first kappa shape index (κ1) is 11.7. The van der Waals surface area contributed by atoms with E-state index in [0.29, 0.717) is 12.5 Å². The van der Waals surface area contributed by atoms with Crippen molar-refractivity contribution >= 4 is 11.8 Å². The standard InChI is InChI=1S/C10H18N4O/c1-3-6-14(7-8-15)9-4-5-12-10(11-2)13-9/h4-5,15H,3,6-8H2,1-2H3,(H,11,12,13). The van der Waals surface area contributed by atoms with E-state index < -0.39 is 0 Å². The van der Waals surface area contributed by atoms with Crippen LogP contribution in [0.5, 0.6) is 0 Å². The second-order valence-electron chi connectivity index (χ2n) is 3.20. The van der Waals surface area contributed by atoms with Crippen LogP contribution in [0, 0.1) is 0 Å². The van der Waals surface area contributed by atoms with Crippen LogP contribution in [-0.2, 0) is 0 Å². The van der Waals surface area contributed by atoms with Gasteiger partial charge in [-0.2, -0.15) is 4.98 Å². The van der Waals surface area contributed by atoms with Crippen molar-refractivity contribution in [1.29, 1.82) is 0 Å². The first-order valence-electron chi connectivity index (χ1n) is 5.18. The van der Waals surface area contributed by atoms with E-state index >= 15 is 0 Å². The first-order valence-corrected chi connectivity index (χ1v) is 5.18. The molecule has 5 nitrogen and oxygen atoms in total. The molecule has 0 saturated heterocycles. The van der Waals surface area contributed by atoms with E-state index in [9.17, 15) is 0 Å². The van der Waals surface area contributed by atoms with Gasteiger partial charge in [0, 0.05) is 26.3 Å². The lowest BCUT2D eigenvalue weighted by molar-refractivity contribution is 0.301. The minimum absolute atomic E-state index is 0.138. The third-order valence-electron chi connectivity index (χ3n) is 2.05. The molecule has 0 bridgehead atoms. The number of rotatable bonds is 6. The molecule has 1 rings (SSSR count). The van der Waals surface area contributed by atoms with Crippen LogP contribution in [0.15, 0.2) is 12.3 Å². The molecule has 0 saturated carbocycles. The van der Waals surface area contributed by atoms with Crippen LogP contribution < -0.4 is 10.2 Å². The van der Waals surface area contributed by atoms with Crippen molar-refractivity contribution in [3.63, 3.8) is 0 Å². The van der Waals surface area contributed by atoms with E-state index in [-0.39, 0.29) is 6.61 Å². The van der Waals surface area contributed by atoms with Gasteiger partial charge in [-0.3, -0.25) is 0 Å². The van der Waals surface area contributed by atoms with Crippen LogP contribution in [0.25, 0.3) is 0 Å². The van der Waals surface area contributed by atoms with Gasteiger partial charge in [-0.25, -0.2) is 4.98 Å². The van der Waals surface area contributed by atoms with Crippen LogP contribution in [0.1, 0.15) is 13.3 Å². The van der Waals surface area contributed by atoms with Crippen molar-refractivity contribution < 1.29 is 5.11 Å². The van der Waals surface area contributed by atoms with Crippen LogP contribution in [0.2, 0.25) is 0 Å². The molecular formula is C10H18N4O. The second kappa shape index (κ2) is 6.19. The molecule has 5 heteroatoms. The summed E-state index contributed by atoms with van der Waals surface area (Å²) in [6, 6.07) is 1.85. The van der Waals surface area contributed by atoms with Crippen molar-refractivity contribution in [2.45, 2.75) is 13.3 Å². The number of aliphatic hydroxyl groups excluding tert-OH is 1. The zero-order valence-electron chi connectivity index (χ0n) is 9.27. The first-order chi connectivity index (χ1) is 7.31. The second-order valence-corrected chi connectivity index (χ2v) is 3.20. The number of anilines is 2. The van der Waals surface area contributed by atoms with E-state index in [1.165, 1.54) is 0 Å². The lowest BCUT2D eigenvalue weighted by Crippen LogP contribution is -2.28. The lowest BCUT2D eigenvalue weighted by atomic mass is 10.4. The Morgan fingerprint density at radius 2 is 2.27 bits per heavy atom. The summed E-state index contributed by atoms with van der Waals surface area (Å²) in [6.45, 7) is 3.73. The van der Waals surface area contributed by atoms with Gasteiger partial charge in [0.2, 0.25) is 5.95 Å². The van der Waals surface area contributed by atoms with Crippen molar-refractivity contribution in [2.24, 2.45) is 0 Å². The third kappa shape index (κ3) is 3.36. The van der Waals surface area contributed by atoms with Crippen LogP contribution in [-0.4, -0.2) is 41.8 Å². The van der Waals surface area contributed by atoms with E-state index in [2.05, 4.69) is 22.2 Å². The molecule has 0 aliphatic heterocycles. The fourth-order valence-corrected chi connectivity index (χ4v) is 1.38. The number of aromatic nitrogens is 2. The maximum atomic E-state index is 8.95. The molecule has 1 aromatic heterocycles. The van der Waals surface area contributed by atoms with Crippen LogP contribution >= 0.6 is 0 Å². The molecule has 0 atom stereocenters. The molecule has 0 radical (unpaired) electrons. The fourth-order valence-electron chi connectivity index (χ4n) is 1.38. The molecule has 0 fully saturated rings. The number of nitrogens with zero attached hydrogens (tertiary/aromatic N) is 3. The molecule has 0 aliphatic carbocycles. The van der Waals surface area contributed by atoms with Gasteiger partial charge in [0.25, 0.3) is 0 Å². The van der Waals surface area contributed by atoms with Crippen molar-refractivity contribution in [1.82, 2.24) is 9.97 Å². The van der Waals surface area contributed by atoms with Gasteiger partial charge in [-0.1, -0.05) is 6.92 Å². The Kier molecular flexibility index (Phi) is 4.83. The Morgan fingerprint density at radius 1 is 1.47 bits per heavy atom. The summed E-state index contributed by atoms with van der Waals surface area (Å²) in [5.41, 5.74) is 0. The Bertz CT molecular complexity index is 287. The summed E-state index contributed by atoms with van der Waals surface area (Å²) in [5.74, 6) is 1.46. The molecule has 84 valence electrons. The zero-order chi connectivity index (χ0) is 11.1. The molecule has 0 amide bonds. The van der Waals surface area contributed by atoms with Gasteiger partial charge in [0.15, 0.2) is 0 Å². The number of aliphatic hydroxyl groups is 1. The summed E-state index contributed by atoms with van der Waals surface area (Å²) >= 11 is 0. The Balaban J connectivity index is 2.79. The molecule has 0 aliphatic rings. The van der Waals surface area contributed by atoms with Gasteiger partial charge < -0.3 is 15.3 Å². The normalized spacial score (nSPS) is 10.1. The number of hydrogen-bond acceptors (Lipinski definition) is 5. The minimum atomic E-state index is 0.138. The van der Waals surface area contributed by atoms with Gasteiger partial charge >= 0.3 is 0 Å². The average molecular weight is 210 g/mol. The summed E-state index contributed by atoms with van der Waals surface area (Å²) in [7, 11) is 1.79. The van der Waals surface area contributed by atoms with Crippen molar-refractivity contribution in [3.05, 3.63) is 12.3 Å². The van der Waals surface area contributed by atoms with Gasteiger partial charge in [0.05, 0.1) is 6.61 Å². The minimum Gasteiger partial charge on any atom is -0.395 e. The highest BCUT2D eigenvalue weighted by Crippen LogP contribution is 2.11. The molecule has 0 spiro atoms. The van der Waals surface area contributed by atoms with E-state index in [1.807, 2.05) is 11.0 Å². The summed E-state index contributed by atoms with van der Waals surface area (Å²) in [4.78, 5) is 10.4. The smallest absolute Gasteiger partial charge is 0.224 e. The molecular weight excluding hydrogens is 192 g/mol. The summed E-state index contributed by atoms with van der Waals surface area (Å²) in [6.07, 6.45) is 2.74. The molecule has 1 heterocycles. The zero-order valence-corrected chi connectivity index (χ0v) is 9.27. The number of hydrogen-bond donors (Lipinski definition) is 2. The lowest BCUT2D eigenvalue weighted by Gasteiger charge is -2.22. The largest absolute Gasteiger partial charge is 0.395 e. The Labute approximate surface area is 90.2 Å². The quantitative estimate of drug-likeness (QED) is 0.724. The van der Waals surface area contributed by atoms with Gasteiger partial charge in [-0.05, 0) is 12.5 Å². The number of nitrogens with one attached hydrogen (secondary N) is 1.